The summed E-state index contributed by atoms with van der Waals surface area (Å²) in [5.74, 6) is 3.68. The number of para-hydroxylation sites is 5. The van der Waals surface area contributed by atoms with Crippen LogP contribution in [-0.4, -0.2) is 20.8 Å². The van der Waals surface area contributed by atoms with Gasteiger partial charge >= 0.3 is 6.71 Å². The van der Waals surface area contributed by atoms with Gasteiger partial charge in [-0.2, -0.15) is 18.2 Å². The first-order valence-corrected chi connectivity index (χ1v) is 27.4. The zero-order valence-corrected chi connectivity index (χ0v) is 47.7. The van der Waals surface area contributed by atoms with Gasteiger partial charge in [-0.3, -0.25) is 4.57 Å². The number of nitrogens with zero attached hydrogens (tertiary/aromatic N) is 4. The Morgan fingerprint density at radius 2 is 1.27 bits per heavy atom. The minimum absolute atomic E-state index is 0. The molecule has 0 bridgehead atoms. The SMILES string of the molecule is [2H]c1c([2H])c([2H])c(-c2cccc(-c3c([2H])c([2H])c([2H])c([2H])c3[2H])c2-[n+]2[c-]n(-c3[c-]c(Oc4[c-]c5c(cc4)c4cc(-c6cc7c8c(c6)Oc6c(oc9ccccc69)B8c6c(oc8ccccc68)O7)ccc4n5-c4cc(C(C)(C)C)ccn4)ccc3)c3ccccc32)c([2H])c1[2H].[Pt]. The number of ether oxygens (including phenoxy) is 3. The van der Waals surface area contributed by atoms with E-state index >= 15 is 0 Å². The molecule has 7 heterocycles. The summed E-state index contributed by atoms with van der Waals surface area (Å²) in [6.07, 6.45) is 5.26. The summed E-state index contributed by atoms with van der Waals surface area (Å²) in [5.41, 5.74) is 9.70. The third-order valence-electron chi connectivity index (χ3n) is 15.9. The van der Waals surface area contributed by atoms with E-state index in [-0.39, 0.29) is 61.1 Å². The smallest absolute Gasteiger partial charge is 0.310 e. The van der Waals surface area contributed by atoms with Crippen LogP contribution in [0.5, 0.6) is 34.7 Å². The third-order valence-corrected chi connectivity index (χ3v) is 15.9. The van der Waals surface area contributed by atoms with E-state index in [4.69, 9.17) is 41.7 Å². The summed E-state index contributed by atoms with van der Waals surface area (Å²) < 4.78 is 127. The molecule has 11 heteroatoms. The van der Waals surface area contributed by atoms with Crippen molar-refractivity contribution in [1.29, 1.82) is 0 Å². The van der Waals surface area contributed by atoms with Gasteiger partial charge in [-0.05, 0) is 104 Å². The molecule has 0 spiro atoms. The standard InChI is InChI=1S/C74H47BN4O5.Pt/c1-74(2,3)49-36-37-76-67(41-49)79-59-35-32-47(48-39-65-69-66(40-48)84-73-68(56-24-10-14-30-63(56)83-73)75(69)72-71(81-65)57-25-11-15-31-64(57)82-72)38-58(59)55-34-33-52(43-62(55)79)80-51-23-16-22-50(42-51)77-44-78(61-29-13-12-28-60(61)77)70-53(45-18-6-4-7-19-45)26-17-27-54(70)46-20-8-5-9-21-46;/h4-41H,1-3H3;/q-2;/i4D,5D,6D,7D,8D,9D,18D,19D,20D,21D;. The third kappa shape index (κ3) is 8.11. The van der Waals surface area contributed by atoms with Gasteiger partial charge in [-0.1, -0.05) is 172 Å². The molecule has 17 rings (SSSR count). The Morgan fingerprint density at radius 3 is 2.05 bits per heavy atom. The Hall–Kier alpha value is -10.1. The molecule has 0 atom stereocenters. The van der Waals surface area contributed by atoms with Gasteiger partial charge in [0.2, 0.25) is 0 Å². The summed E-state index contributed by atoms with van der Waals surface area (Å²) in [7, 11) is 0. The van der Waals surface area contributed by atoms with Crippen LogP contribution in [0.4, 0.5) is 0 Å². The van der Waals surface area contributed by atoms with E-state index in [0.717, 1.165) is 60.3 Å². The zero-order valence-electron chi connectivity index (χ0n) is 55.4. The molecular formula is C74H47BN4O5Pt-2. The quantitative estimate of drug-likeness (QED) is 0.0857. The summed E-state index contributed by atoms with van der Waals surface area (Å²) in [4.78, 5) is 4.97. The molecule has 408 valence electrons. The van der Waals surface area contributed by atoms with Crippen molar-refractivity contribution in [2.24, 2.45) is 0 Å². The second-order valence-electron chi connectivity index (χ2n) is 21.9. The van der Waals surface area contributed by atoms with Crippen LogP contribution >= 0.6 is 0 Å². The van der Waals surface area contributed by atoms with Crippen LogP contribution in [0.3, 0.4) is 0 Å². The van der Waals surface area contributed by atoms with Gasteiger partial charge in [0.05, 0.1) is 35.8 Å². The Balaban J connectivity index is 0.00000712. The van der Waals surface area contributed by atoms with E-state index in [9.17, 15) is 0 Å². The van der Waals surface area contributed by atoms with Crippen LogP contribution in [0.15, 0.2) is 239 Å². The fraction of sp³-hybridized carbons (Fsp3) is 0.0541. The number of aromatic nitrogens is 4. The Morgan fingerprint density at radius 1 is 0.576 bits per heavy atom. The second kappa shape index (κ2) is 19.5. The number of hydrogen-bond donors (Lipinski definition) is 0. The molecule has 0 saturated carbocycles. The molecule has 0 aliphatic carbocycles. The number of pyridine rings is 1. The average molecular weight is 1290 g/mol. The normalized spacial score (nSPS) is 14.1. The van der Waals surface area contributed by atoms with Crippen molar-refractivity contribution in [2.45, 2.75) is 26.2 Å². The van der Waals surface area contributed by atoms with E-state index in [1.54, 1.807) is 45.5 Å². The van der Waals surface area contributed by atoms with Crippen molar-refractivity contribution in [3.63, 3.8) is 0 Å². The van der Waals surface area contributed by atoms with Gasteiger partial charge in [-0.15, -0.1) is 29.7 Å². The number of fused-ring (bicyclic) bond motifs is 12. The van der Waals surface area contributed by atoms with Crippen molar-refractivity contribution in [2.75, 3.05) is 0 Å². The maximum atomic E-state index is 9.12. The molecule has 2 aliphatic heterocycles. The molecule has 15 aromatic rings. The van der Waals surface area contributed by atoms with Crippen LogP contribution < -0.4 is 35.4 Å². The van der Waals surface area contributed by atoms with Gasteiger partial charge in [0.15, 0.2) is 5.75 Å². The van der Waals surface area contributed by atoms with E-state index in [2.05, 4.69) is 74.1 Å². The van der Waals surface area contributed by atoms with E-state index < -0.39 is 60.4 Å². The number of hydrogen-bond acceptors (Lipinski definition) is 6. The van der Waals surface area contributed by atoms with Crippen molar-refractivity contribution >= 4 is 78.1 Å². The first kappa shape index (κ1) is 40.9. The summed E-state index contributed by atoms with van der Waals surface area (Å²) in [6, 6.07) is 53.3. The topological polar surface area (TPSA) is 80.6 Å². The van der Waals surface area contributed by atoms with Crippen molar-refractivity contribution in [1.82, 2.24) is 14.1 Å². The summed E-state index contributed by atoms with van der Waals surface area (Å²) in [6.45, 7) is 6.13. The number of imidazole rings is 1. The molecule has 0 unspecified atom stereocenters. The molecule has 0 N–H and O–H groups in total. The molecule has 0 radical (unpaired) electrons. The van der Waals surface area contributed by atoms with Gasteiger partial charge in [-0.25, -0.2) is 4.98 Å². The van der Waals surface area contributed by atoms with Crippen LogP contribution in [0, 0.1) is 18.5 Å². The zero-order chi connectivity index (χ0) is 64.5. The van der Waals surface area contributed by atoms with Crippen molar-refractivity contribution in [3.05, 3.63) is 254 Å². The van der Waals surface area contributed by atoms with Crippen LogP contribution in [-0.2, 0) is 26.5 Å². The van der Waals surface area contributed by atoms with Crippen molar-refractivity contribution < 1.29 is 62.4 Å². The van der Waals surface area contributed by atoms with E-state index in [0.29, 0.717) is 74.0 Å². The Bertz CT molecular complexity index is 5690. The molecular weight excluding hydrogens is 1230 g/mol. The second-order valence-corrected chi connectivity index (χ2v) is 21.9. The van der Waals surface area contributed by atoms with Gasteiger partial charge in [0, 0.05) is 60.6 Å². The predicted octanol–water partition coefficient (Wildman–Crippen LogP) is 16.1. The molecule has 0 fully saturated rings. The minimum atomic E-state index is -0.586. The first-order valence-electron chi connectivity index (χ1n) is 32.4. The fourth-order valence-corrected chi connectivity index (χ4v) is 12.1. The number of benzene rings is 10. The molecule has 9 nitrogen and oxygen atoms in total. The number of rotatable bonds is 8. The van der Waals surface area contributed by atoms with Gasteiger partial charge < -0.3 is 32.2 Å². The monoisotopic (exact) mass is 1290 g/mol. The van der Waals surface area contributed by atoms with Gasteiger partial charge in [0.25, 0.3) is 12.3 Å². The van der Waals surface area contributed by atoms with E-state index in [1.807, 2.05) is 103 Å². The van der Waals surface area contributed by atoms with Crippen molar-refractivity contribution in [3.8, 4) is 85.3 Å². The molecule has 0 amide bonds. The summed E-state index contributed by atoms with van der Waals surface area (Å²) >= 11 is 0. The minimum Gasteiger partial charge on any atom is -0.510 e. The number of furan rings is 2. The largest absolute Gasteiger partial charge is 0.510 e. The van der Waals surface area contributed by atoms with E-state index in [1.165, 1.54) is 0 Å². The molecule has 2 aliphatic rings. The average Bonchev–Trinajstić information content (AvgIpc) is 1.39. The molecule has 5 aromatic heterocycles. The fourth-order valence-electron chi connectivity index (χ4n) is 12.1. The molecule has 85 heavy (non-hydrogen) atoms. The summed E-state index contributed by atoms with van der Waals surface area (Å²) in [5, 5.41) is 3.60. The Labute approximate surface area is 517 Å². The first-order chi connectivity index (χ1) is 45.4. The maximum Gasteiger partial charge on any atom is 0.310 e. The maximum absolute atomic E-state index is 9.12. The van der Waals surface area contributed by atoms with Crippen LogP contribution in [0.25, 0.3) is 105 Å². The van der Waals surface area contributed by atoms with Gasteiger partial charge in [0.1, 0.15) is 34.1 Å². The van der Waals surface area contributed by atoms with Crippen LogP contribution in [0.1, 0.15) is 40.0 Å². The predicted molar refractivity (Wildman–Crippen MR) is 332 cm³/mol. The molecule has 0 saturated heterocycles. The molecule has 10 aromatic carbocycles. The van der Waals surface area contributed by atoms with Crippen LogP contribution in [0.2, 0.25) is 0 Å². The Kier molecular flexibility index (Phi) is 9.38.